The summed E-state index contributed by atoms with van der Waals surface area (Å²) in [7, 11) is 0. The minimum absolute atomic E-state index is 0.832. The number of hydrogen-bond acceptors (Lipinski definition) is 2. The molecule has 0 bridgehead atoms. The molecule has 3 N–H and O–H groups in total. The molecule has 0 saturated heterocycles. The summed E-state index contributed by atoms with van der Waals surface area (Å²) in [6.07, 6.45) is 3.14. The van der Waals surface area contributed by atoms with Gasteiger partial charge in [0.2, 0.25) is 0 Å². The summed E-state index contributed by atoms with van der Waals surface area (Å²) in [6.45, 7) is 2.19. The minimum atomic E-state index is 0.832. The van der Waals surface area contributed by atoms with Crippen LogP contribution in [0.3, 0.4) is 0 Å². The zero-order valence-electron chi connectivity index (χ0n) is 8.21. The lowest BCUT2D eigenvalue weighted by Gasteiger charge is -2.03. The van der Waals surface area contributed by atoms with Gasteiger partial charge in [0.05, 0.1) is 0 Å². The van der Waals surface area contributed by atoms with Gasteiger partial charge in [-0.2, -0.15) is 0 Å². The van der Waals surface area contributed by atoms with Gasteiger partial charge in [0.1, 0.15) is 0 Å². The number of aromatic amines is 1. The summed E-state index contributed by atoms with van der Waals surface area (Å²) in [4.78, 5) is 4.46. The number of anilines is 1. The van der Waals surface area contributed by atoms with Crippen molar-refractivity contribution < 1.29 is 0 Å². The van der Waals surface area contributed by atoms with Crippen LogP contribution in [0.2, 0.25) is 0 Å². The van der Waals surface area contributed by atoms with Gasteiger partial charge in [0.25, 0.3) is 0 Å². The van der Waals surface area contributed by atoms with E-state index in [1.165, 1.54) is 16.7 Å². The molecule has 0 radical (unpaired) electrons. The summed E-state index contributed by atoms with van der Waals surface area (Å²) >= 11 is 1.87. The van der Waals surface area contributed by atoms with Gasteiger partial charge >= 0.3 is 0 Å². The molecule has 14 heavy (non-hydrogen) atoms. The van der Waals surface area contributed by atoms with Crippen LogP contribution >= 0.6 is 11.8 Å². The van der Waals surface area contributed by atoms with Crippen LogP contribution in [0, 0.1) is 0 Å². The fraction of sp³-hybridized carbons (Fsp3) is 0.273. The number of hydrogen-bond donors (Lipinski definition) is 2. The van der Waals surface area contributed by atoms with Crippen LogP contribution in [0.25, 0.3) is 10.9 Å². The summed E-state index contributed by atoms with van der Waals surface area (Å²) in [5, 5.41) is 1.28. The topological polar surface area (TPSA) is 41.8 Å². The SMILES string of the molecule is CCCSc1cc(N)cc2[nH]ccc12. The van der Waals surface area contributed by atoms with Crippen molar-refractivity contribution in [2.45, 2.75) is 18.2 Å². The molecular weight excluding hydrogens is 192 g/mol. The molecule has 0 fully saturated rings. The highest BCUT2D eigenvalue weighted by Gasteiger charge is 2.03. The van der Waals surface area contributed by atoms with Crippen molar-refractivity contribution >= 4 is 28.4 Å². The maximum Gasteiger partial charge on any atom is 0.0485 e. The Kier molecular flexibility index (Phi) is 2.68. The Hall–Kier alpha value is -1.09. The minimum Gasteiger partial charge on any atom is -0.399 e. The number of benzene rings is 1. The molecule has 2 aromatic rings. The van der Waals surface area contributed by atoms with E-state index in [0.29, 0.717) is 0 Å². The number of fused-ring (bicyclic) bond motifs is 1. The molecule has 1 aromatic heterocycles. The van der Waals surface area contributed by atoms with Crippen LogP contribution in [0.4, 0.5) is 5.69 Å². The van der Waals surface area contributed by atoms with E-state index in [1.54, 1.807) is 0 Å². The Morgan fingerprint density at radius 1 is 1.43 bits per heavy atom. The van der Waals surface area contributed by atoms with Crippen molar-refractivity contribution in [1.29, 1.82) is 0 Å². The summed E-state index contributed by atoms with van der Waals surface area (Å²) < 4.78 is 0. The van der Waals surface area contributed by atoms with Crippen LogP contribution in [-0.2, 0) is 0 Å². The highest BCUT2D eigenvalue weighted by Crippen LogP contribution is 2.30. The van der Waals surface area contributed by atoms with Gasteiger partial charge in [0.15, 0.2) is 0 Å². The molecule has 0 unspecified atom stereocenters. The lowest BCUT2D eigenvalue weighted by Crippen LogP contribution is -1.86. The normalized spacial score (nSPS) is 10.9. The Morgan fingerprint density at radius 2 is 2.29 bits per heavy atom. The maximum atomic E-state index is 5.82. The van der Waals surface area contributed by atoms with Gasteiger partial charge in [-0.25, -0.2) is 0 Å². The monoisotopic (exact) mass is 206 g/mol. The van der Waals surface area contributed by atoms with Crippen molar-refractivity contribution in [2.75, 3.05) is 11.5 Å². The second-order valence-corrected chi connectivity index (χ2v) is 4.44. The predicted octanol–water partition coefficient (Wildman–Crippen LogP) is 3.25. The molecule has 0 atom stereocenters. The summed E-state index contributed by atoms with van der Waals surface area (Å²) in [5.74, 6) is 1.14. The average Bonchev–Trinajstić information content (AvgIpc) is 2.61. The third kappa shape index (κ3) is 1.73. The van der Waals surface area contributed by atoms with Crippen molar-refractivity contribution in [1.82, 2.24) is 4.98 Å². The Morgan fingerprint density at radius 3 is 3.07 bits per heavy atom. The van der Waals surface area contributed by atoms with Crippen LogP contribution in [0.15, 0.2) is 29.3 Å². The molecule has 0 spiro atoms. The molecule has 2 rings (SSSR count). The zero-order valence-corrected chi connectivity index (χ0v) is 9.03. The highest BCUT2D eigenvalue weighted by molar-refractivity contribution is 7.99. The van der Waals surface area contributed by atoms with Gasteiger partial charge in [-0.05, 0) is 30.4 Å². The Balaban J connectivity index is 2.44. The van der Waals surface area contributed by atoms with E-state index in [1.807, 2.05) is 24.0 Å². The fourth-order valence-electron chi connectivity index (χ4n) is 1.49. The van der Waals surface area contributed by atoms with E-state index >= 15 is 0 Å². The summed E-state index contributed by atoms with van der Waals surface area (Å²) in [6, 6.07) is 6.13. The summed E-state index contributed by atoms with van der Waals surface area (Å²) in [5.41, 5.74) is 7.78. The molecule has 0 aliphatic carbocycles. The van der Waals surface area contributed by atoms with Crippen LogP contribution in [-0.4, -0.2) is 10.7 Å². The number of H-pyrrole nitrogens is 1. The zero-order chi connectivity index (χ0) is 9.97. The Labute approximate surface area is 87.9 Å². The number of nitrogens with one attached hydrogen (secondary N) is 1. The van der Waals surface area contributed by atoms with E-state index in [9.17, 15) is 0 Å². The number of thioether (sulfide) groups is 1. The maximum absolute atomic E-state index is 5.82. The molecule has 0 amide bonds. The van der Waals surface area contributed by atoms with E-state index in [4.69, 9.17) is 5.73 Å². The molecule has 1 aromatic carbocycles. The first-order chi connectivity index (χ1) is 6.81. The predicted molar refractivity (Wildman–Crippen MR) is 63.7 cm³/mol. The van der Waals surface area contributed by atoms with E-state index in [0.717, 1.165) is 17.0 Å². The smallest absolute Gasteiger partial charge is 0.0485 e. The highest BCUT2D eigenvalue weighted by atomic mass is 32.2. The van der Waals surface area contributed by atoms with E-state index < -0.39 is 0 Å². The first-order valence-electron chi connectivity index (χ1n) is 4.80. The van der Waals surface area contributed by atoms with Gasteiger partial charge in [-0.3, -0.25) is 0 Å². The van der Waals surface area contributed by atoms with Gasteiger partial charge in [-0.1, -0.05) is 6.92 Å². The molecule has 1 heterocycles. The molecule has 2 nitrogen and oxygen atoms in total. The lowest BCUT2D eigenvalue weighted by molar-refractivity contribution is 1.11. The molecule has 0 aliphatic heterocycles. The van der Waals surface area contributed by atoms with Gasteiger partial charge < -0.3 is 10.7 Å². The van der Waals surface area contributed by atoms with Gasteiger partial charge in [-0.15, -0.1) is 11.8 Å². The lowest BCUT2D eigenvalue weighted by atomic mass is 10.2. The number of aromatic nitrogens is 1. The largest absolute Gasteiger partial charge is 0.399 e. The van der Waals surface area contributed by atoms with Crippen molar-refractivity contribution in [3.63, 3.8) is 0 Å². The van der Waals surface area contributed by atoms with Crippen LogP contribution in [0.1, 0.15) is 13.3 Å². The van der Waals surface area contributed by atoms with Crippen molar-refractivity contribution in [2.24, 2.45) is 0 Å². The molecular formula is C11H14N2S. The van der Waals surface area contributed by atoms with E-state index in [-0.39, 0.29) is 0 Å². The first-order valence-corrected chi connectivity index (χ1v) is 5.79. The number of nitrogen functional groups attached to an aromatic ring is 1. The molecule has 0 aliphatic rings. The van der Waals surface area contributed by atoms with E-state index in [2.05, 4.69) is 24.0 Å². The average molecular weight is 206 g/mol. The third-order valence-corrected chi connectivity index (χ3v) is 3.38. The quantitative estimate of drug-likeness (QED) is 0.598. The van der Waals surface area contributed by atoms with Crippen molar-refractivity contribution in [3.05, 3.63) is 24.4 Å². The number of rotatable bonds is 3. The second-order valence-electron chi connectivity index (χ2n) is 3.31. The standard InChI is InChI=1S/C11H14N2S/c1-2-5-14-11-7-8(12)6-10-9(11)3-4-13-10/h3-4,6-7,13H,2,5,12H2,1H3. The van der Waals surface area contributed by atoms with Crippen LogP contribution in [0.5, 0.6) is 0 Å². The molecule has 0 saturated carbocycles. The molecule has 3 heteroatoms. The van der Waals surface area contributed by atoms with Crippen LogP contribution < -0.4 is 5.73 Å². The first kappa shape index (κ1) is 9.46. The third-order valence-electron chi connectivity index (χ3n) is 2.11. The second kappa shape index (κ2) is 3.96. The Bertz CT molecular complexity index is 434. The molecule has 74 valence electrons. The van der Waals surface area contributed by atoms with Gasteiger partial charge in [0, 0.05) is 27.7 Å². The van der Waals surface area contributed by atoms with Crippen molar-refractivity contribution in [3.8, 4) is 0 Å². The fourth-order valence-corrected chi connectivity index (χ4v) is 2.46. The number of nitrogens with two attached hydrogens (primary N) is 1.